The van der Waals surface area contributed by atoms with E-state index in [0.717, 1.165) is 0 Å². The molecule has 0 saturated heterocycles. The maximum Gasteiger partial charge on any atom is 2.00 e. The van der Waals surface area contributed by atoms with E-state index in [1.54, 1.807) is 0 Å². The molecule has 0 radical (unpaired) electrons. The molecule has 0 unspecified atom stereocenters. The molecule has 0 amide bonds. The van der Waals surface area contributed by atoms with Crippen LogP contribution in [0.25, 0.3) is 0 Å². The van der Waals surface area contributed by atoms with Crippen molar-refractivity contribution >= 4 is 0 Å². The van der Waals surface area contributed by atoms with E-state index < -0.39 is 0 Å². The molecule has 0 aliphatic heterocycles. The van der Waals surface area contributed by atoms with Gasteiger partial charge in [-0.2, -0.15) is 0 Å². The van der Waals surface area contributed by atoms with Crippen molar-refractivity contribution in [1.82, 2.24) is 6.15 Å². The van der Waals surface area contributed by atoms with E-state index in [1.807, 2.05) is 0 Å². The van der Waals surface area contributed by atoms with E-state index in [4.69, 9.17) is 0 Å². The fourth-order valence-electron chi connectivity index (χ4n) is 0. The molecule has 0 bridgehead atoms. The minimum Gasteiger partial charge on any atom is -1.00 e. The third-order valence-electron chi connectivity index (χ3n) is 0. The van der Waals surface area contributed by atoms with Gasteiger partial charge in [0.15, 0.2) is 0 Å². The third-order valence-corrected chi connectivity index (χ3v) is 0. The predicted molar refractivity (Wildman–Crippen MR) is 5.02 cm³/mol. The van der Waals surface area contributed by atoms with Gasteiger partial charge in [0.05, 0.1) is 0 Å². The Morgan fingerprint density at radius 3 is 0.750 bits per heavy atom. The number of hydrogen-bond acceptors (Lipinski definition) is 1. The zero-order valence-corrected chi connectivity index (χ0v) is 9.49. The Morgan fingerprint density at radius 1 is 0.750 bits per heavy atom. The van der Waals surface area contributed by atoms with Crippen LogP contribution in [0.3, 0.4) is 0 Å². The summed E-state index contributed by atoms with van der Waals surface area (Å²) in [5.41, 5.74) is 0. The van der Waals surface area contributed by atoms with Crippen molar-refractivity contribution in [2.24, 2.45) is 0 Å². The molecule has 24 valence electrons. The fourth-order valence-corrected chi connectivity index (χ4v) is 0. The zero-order chi connectivity index (χ0) is 0. The van der Waals surface area contributed by atoms with Gasteiger partial charge in [0.1, 0.15) is 0 Å². The van der Waals surface area contributed by atoms with Crippen molar-refractivity contribution in [2.45, 2.75) is 0 Å². The van der Waals surface area contributed by atoms with Gasteiger partial charge in [-0.1, -0.05) is 0 Å². The molecular weight excluding hydrogens is 311 g/mol. The summed E-state index contributed by atoms with van der Waals surface area (Å²) in [5.74, 6) is 0. The summed E-state index contributed by atoms with van der Waals surface area (Å²) in [6.45, 7) is 0. The van der Waals surface area contributed by atoms with Gasteiger partial charge in [0, 0.05) is 0 Å². The second kappa shape index (κ2) is 20.0. The Morgan fingerprint density at radius 2 is 0.750 bits per heavy atom. The summed E-state index contributed by atoms with van der Waals surface area (Å²) < 4.78 is 0. The van der Waals surface area contributed by atoms with Gasteiger partial charge in [-0.3, -0.25) is 0 Å². The summed E-state index contributed by atoms with van der Waals surface area (Å²) in [4.78, 5) is 0. The smallest absolute Gasteiger partial charge is 1.00 e. The minimum atomic E-state index is 0. The van der Waals surface area contributed by atoms with Crippen LogP contribution >= 0.6 is 0 Å². The molecule has 0 atom stereocenters. The predicted octanol–water partition coefficient (Wildman–Crippen LogP) is -5.83. The SMILES string of the molecule is N.[Cl-].[Cl-].[Ra+2]. The summed E-state index contributed by atoms with van der Waals surface area (Å²) in [6.07, 6.45) is 0. The average Bonchev–Trinajstić information content (AvgIpc) is 0. The van der Waals surface area contributed by atoms with Gasteiger partial charge in [-0.15, -0.1) is 0 Å². The first-order valence-electron chi connectivity index (χ1n) is 0. The first-order chi connectivity index (χ1) is 0. The van der Waals surface area contributed by atoms with Crippen LogP contribution < -0.4 is 31.0 Å². The van der Waals surface area contributed by atoms with Crippen molar-refractivity contribution in [3.8, 4) is 0 Å². The second-order valence-corrected chi connectivity index (χ2v) is 0. The maximum atomic E-state index is 0. The largest absolute Gasteiger partial charge is 2.00 e. The quantitative estimate of drug-likeness (QED) is 0.475. The maximum absolute atomic E-state index is 0. The molecule has 0 aromatic rings. The average molecular weight is 314 g/mol. The van der Waals surface area contributed by atoms with Crippen LogP contribution in [0.2, 0.25) is 0 Å². The Balaban J connectivity index is 0. The van der Waals surface area contributed by atoms with Crippen LogP contribution in [0.4, 0.5) is 0 Å². The molecule has 0 aliphatic carbocycles. The summed E-state index contributed by atoms with van der Waals surface area (Å²) in [7, 11) is 0. The molecule has 0 spiro atoms. The van der Waals surface area contributed by atoms with Crippen molar-refractivity contribution < 1.29 is 69.8 Å². The molecule has 1 nitrogen and oxygen atoms in total. The van der Waals surface area contributed by atoms with E-state index >= 15 is 0 Å². The molecule has 0 saturated carbocycles. The Kier molecular flexibility index (Phi) is 186. The molecule has 4 heteroatoms. The molecule has 0 fully saturated rings. The normalized spacial score (nSPS) is 0. The number of halogens is 2. The van der Waals surface area contributed by atoms with Gasteiger partial charge in [-0.25, -0.2) is 0 Å². The second-order valence-electron chi connectivity index (χ2n) is 0. The molecule has 3 N–H and O–H groups in total. The Bertz CT molecular complexity index is 6.00. The van der Waals surface area contributed by atoms with Gasteiger partial charge >= 0.3 is 45.0 Å². The molecular formula is H3Cl2NRa. The molecule has 0 aromatic carbocycles. The summed E-state index contributed by atoms with van der Waals surface area (Å²) in [6, 6.07) is 0. The van der Waals surface area contributed by atoms with Crippen molar-refractivity contribution in [1.29, 1.82) is 0 Å². The van der Waals surface area contributed by atoms with Crippen molar-refractivity contribution in [2.75, 3.05) is 0 Å². The molecule has 0 heterocycles. The van der Waals surface area contributed by atoms with E-state index in [1.165, 1.54) is 0 Å². The summed E-state index contributed by atoms with van der Waals surface area (Å²) in [5, 5.41) is 0. The number of rotatable bonds is 0. The Labute approximate surface area is 74.8 Å². The van der Waals surface area contributed by atoms with Crippen LogP contribution in [-0.4, -0.2) is 0 Å². The summed E-state index contributed by atoms with van der Waals surface area (Å²) >= 11 is 0. The minimum absolute atomic E-state index is 0. The van der Waals surface area contributed by atoms with Crippen LogP contribution in [0.5, 0.6) is 0 Å². The Hall–Kier alpha value is 2.01. The standard InChI is InChI=1S/2ClH.H3N.Ra/h2*1H;1H3;/q;;;+2/p-2. The van der Waals surface area contributed by atoms with E-state index in [9.17, 15) is 0 Å². The molecule has 0 aromatic heterocycles. The van der Waals surface area contributed by atoms with Gasteiger partial charge in [0.25, 0.3) is 0 Å². The molecule has 0 rings (SSSR count). The topological polar surface area (TPSA) is 35.0 Å². The van der Waals surface area contributed by atoms with E-state index in [2.05, 4.69) is 0 Å². The first kappa shape index (κ1) is 37.4. The van der Waals surface area contributed by atoms with Crippen LogP contribution in [0.1, 0.15) is 0 Å². The van der Waals surface area contributed by atoms with Gasteiger partial charge in [-0.05, 0) is 0 Å². The molecule has 0 aliphatic rings. The number of hydrogen-bond donors (Lipinski definition) is 1. The van der Waals surface area contributed by atoms with Crippen molar-refractivity contribution in [3.63, 3.8) is 0 Å². The van der Waals surface area contributed by atoms with Crippen LogP contribution in [-0.2, 0) is 0 Å². The van der Waals surface area contributed by atoms with Crippen LogP contribution in [0.15, 0.2) is 0 Å². The first-order valence-corrected chi connectivity index (χ1v) is 0. The molecule has 4 heavy (non-hydrogen) atoms. The van der Waals surface area contributed by atoms with Gasteiger partial charge in [0.2, 0.25) is 0 Å². The van der Waals surface area contributed by atoms with Crippen molar-refractivity contribution in [3.05, 3.63) is 0 Å². The van der Waals surface area contributed by atoms with E-state index in [0.29, 0.717) is 0 Å². The fraction of sp³-hybridized carbons (Fsp3) is 0. The van der Waals surface area contributed by atoms with Gasteiger partial charge < -0.3 is 31.0 Å². The zero-order valence-electron chi connectivity index (χ0n) is 2.17. The van der Waals surface area contributed by atoms with Crippen LogP contribution in [0, 0.1) is 45.0 Å². The monoisotopic (exact) mass is 313 g/mol. The third kappa shape index (κ3) is 8.99. The van der Waals surface area contributed by atoms with E-state index in [-0.39, 0.29) is 76.0 Å².